The fourth-order valence-corrected chi connectivity index (χ4v) is 3.55. The Morgan fingerprint density at radius 2 is 2.21 bits per heavy atom. The second kappa shape index (κ2) is 6.08. The first kappa shape index (κ1) is 13.9. The van der Waals surface area contributed by atoms with Crippen molar-refractivity contribution in [2.45, 2.75) is 4.21 Å². The van der Waals surface area contributed by atoms with Gasteiger partial charge in [0.1, 0.15) is 11.6 Å². The Hall–Kier alpha value is -1.53. The monoisotopic (exact) mass is 298 g/mol. The van der Waals surface area contributed by atoms with Gasteiger partial charge in [0.05, 0.1) is 33.4 Å². The molecule has 0 fully saturated rings. The van der Waals surface area contributed by atoms with E-state index in [-0.39, 0.29) is 17.1 Å². The van der Waals surface area contributed by atoms with Crippen molar-refractivity contribution in [2.24, 2.45) is 0 Å². The zero-order chi connectivity index (χ0) is 13.8. The molecule has 0 amide bonds. The van der Waals surface area contributed by atoms with Crippen molar-refractivity contribution in [3.8, 4) is 5.75 Å². The van der Waals surface area contributed by atoms with Crippen molar-refractivity contribution in [1.82, 2.24) is 0 Å². The Bertz CT molecular complexity index is 608. The summed E-state index contributed by atoms with van der Waals surface area (Å²) in [7, 11) is -0.00574. The second-order valence-electron chi connectivity index (χ2n) is 3.69. The number of ketones is 1. The largest absolute Gasteiger partial charge is 0.496 e. The third kappa shape index (κ3) is 3.27. The number of hydrogen-bond acceptors (Lipinski definition) is 4. The maximum Gasteiger partial charge on any atom is 0.179 e. The zero-order valence-electron chi connectivity index (χ0n) is 10.1. The average molecular weight is 298 g/mol. The molecule has 0 radical (unpaired) electrons. The maximum atomic E-state index is 13.2. The topological polar surface area (TPSA) is 43.4 Å². The van der Waals surface area contributed by atoms with Crippen LogP contribution in [-0.2, 0) is 10.8 Å². The van der Waals surface area contributed by atoms with E-state index in [4.69, 9.17) is 4.74 Å². The molecular formula is C13H11FO3S2. The number of thiophene rings is 1. The normalized spacial score (nSPS) is 12.1. The number of rotatable bonds is 5. The fourth-order valence-electron chi connectivity index (χ4n) is 1.56. The minimum atomic E-state index is -1.41. The van der Waals surface area contributed by atoms with E-state index in [1.165, 1.54) is 30.6 Å². The zero-order valence-corrected chi connectivity index (χ0v) is 11.7. The Morgan fingerprint density at radius 1 is 1.42 bits per heavy atom. The molecule has 1 unspecified atom stereocenters. The summed E-state index contributed by atoms with van der Waals surface area (Å²) in [6, 6.07) is 7.18. The molecule has 6 heteroatoms. The van der Waals surface area contributed by atoms with Crippen molar-refractivity contribution in [1.29, 1.82) is 0 Å². The molecule has 0 N–H and O–H groups in total. The van der Waals surface area contributed by atoms with Crippen molar-refractivity contribution in [2.75, 3.05) is 12.9 Å². The van der Waals surface area contributed by atoms with Gasteiger partial charge in [0.15, 0.2) is 5.78 Å². The van der Waals surface area contributed by atoms with Gasteiger partial charge in [-0.2, -0.15) is 0 Å². The van der Waals surface area contributed by atoms with Gasteiger partial charge >= 0.3 is 0 Å². The lowest BCUT2D eigenvalue weighted by atomic mass is 10.1. The average Bonchev–Trinajstić information content (AvgIpc) is 2.92. The molecule has 1 heterocycles. The summed E-state index contributed by atoms with van der Waals surface area (Å²) in [5, 5.41) is 1.79. The van der Waals surface area contributed by atoms with Crippen LogP contribution < -0.4 is 4.74 Å². The van der Waals surface area contributed by atoms with E-state index < -0.39 is 22.4 Å². The molecule has 2 aromatic rings. The summed E-state index contributed by atoms with van der Waals surface area (Å²) >= 11 is 1.32. The SMILES string of the molecule is COc1ccc(F)cc1C(=O)CS(=O)c1cccs1. The number of carbonyl (C=O) groups is 1. The van der Waals surface area contributed by atoms with Crippen LogP contribution in [0.5, 0.6) is 5.75 Å². The predicted octanol–water partition coefficient (Wildman–Crippen LogP) is 2.89. The number of halogens is 1. The van der Waals surface area contributed by atoms with Gasteiger partial charge in [-0.25, -0.2) is 4.39 Å². The van der Waals surface area contributed by atoms with E-state index in [1.807, 2.05) is 0 Å². The van der Waals surface area contributed by atoms with Crippen molar-refractivity contribution in [3.05, 3.63) is 47.1 Å². The molecule has 1 aromatic carbocycles. The van der Waals surface area contributed by atoms with Gasteiger partial charge in [-0.3, -0.25) is 9.00 Å². The lowest BCUT2D eigenvalue weighted by Gasteiger charge is -2.07. The number of benzene rings is 1. The van der Waals surface area contributed by atoms with E-state index in [9.17, 15) is 13.4 Å². The first-order chi connectivity index (χ1) is 9.11. The lowest BCUT2D eigenvalue weighted by Crippen LogP contribution is -2.12. The third-order valence-corrected chi connectivity index (χ3v) is 5.06. The molecule has 0 saturated carbocycles. The third-order valence-electron chi connectivity index (χ3n) is 2.44. The highest BCUT2D eigenvalue weighted by Gasteiger charge is 2.17. The van der Waals surface area contributed by atoms with Crippen LogP contribution in [0.4, 0.5) is 4.39 Å². The molecule has 0 saturated heterocycles. The molecule has 0 aliphatic heterocycles. The minimum Gasteiger partial charge on any atom is -0.496 e. The van der Waals surface area contributed by atoms with Crippen LogP contribution in [0, 0.1) is 5.82 Å². The Kier molecular flexibility index (Phi) is 4.44. The molecule has 1 aromatic heterocycles. The Labute approximate surface area is 116 Å². The fraction of sp³-hybridized carbons (Fsp3) is 0.154. The number of methoxy groups -OCH3 is 1. The Morgan fingerprint density at radius 3 is 2.84 bits per heavy atom. The molecule has 0 spiro atoms. The molecule has 19 heavy (non-hydrogen) atoms. The van der Waals surface area contributed by atoms with Gasteiger partial charge < -0.3 is 4.74 Å². The van der Waals surface area contributed by atoms with Crippen molar-refractivity contribution < 1.29 is 18.1 Å². The molecular weight excluding hydrogens is 287 g/mol. The summed E-state index contributed by atoms with van der Waals surface area (Å²) in [6.07, 6.45) is 0. The van der Waals surface area contributed by atoms with E-state index >= 15 is 0 Å². The van der Waals surface area contributed by atoms with E-state index in [0.717, 1.165) is 6.07 Å². The van der Waals surface area contributed by atoms with Crippen LogP contribution in [0.1, 0.15) is 10.4 Å². The molecule has 100 valence electrons. The van der Waals surface area contributed by atoms with E-state index in [1.54, 1.807) is 17.5 Å². The van der Waals surface area contributed by atoms with Crippen LogP contribution in [0.25, 0.3) is 0 Å². The molecule has 2 rings (SSSR count). The van der Waals surface area contributed by atoms with Crippen molar-refractivity contribution in [3.63, 3.8) is 0 Å². The van der Waals surface area contributed by atoms with Gasteiger partial charge in [0.2, 0.25) is 0 Å². The van der Waals surface area contributed by atoms with Crippen LogP contribution in [0.2, 0.25) is 0 Å². The maximum absolute atomic E-state index is 13.2. The van der Waals surface area contributed by atoms with E-state index in [2.05, 4.69) is 0 Å². The Balaban J connectivity index is 2.20. The summed E-state index contributed by atoms with van der Waals surface area (Å²) in [6.45, 7) is 0. The highest BCUT2D eigenvalue weighted by atomic mass is 32.2. The second-order valence-corrected chi connectivity index (χ2v) is 6.32. The van der Waals surface area contributed by atoms with Crippen LogP contribution in [-0.4, -0.2) is 22.9 Å². The minimum absolute atomic E-state index is 0.118. The van der Waals surface area contributed by atoms with Gasteiger partial charge in [-0.1, -0.05) is 6.07 Å². The number of ether oxygens (including phenoxy) is 1. The summed E-state index contributed by atoms with van der Waals surface area (Å²) in [5.41, 5.74) is 0.118. The van der Waals surface area contributed by atoms with Gasteiger partial charge in [-0.05, 0) is 29.6 Å². The molecule has 0 aliphatic carbocycles. The van der Waals surface area contributed by atoms with E-state index in [0.29, 0.717) is 4.21 Å². The highest BCUT2D eigenvalue weighted by molar-refractivity contribution is 7.88. The highest BCUT2D eigenvalue weighted by Crippen LogP contribution is 2.21. The summed E-state index contributed by atoms with van der Waals surface area (Å²) in [4.78, 5) is 12.0. The first-order valence-corrected chi connectivity index (χ1v) is 7.60. The summed E-state index contributed by atoms with van der Waals surface area (Å²) < 4.78 is 30.8. The molecule has 0 aliphatic rings. The summed E-state index contributed by atoms with van der Waals surface area (Å²) in [5.74, 6) is -0.816. The molecule has 0 bridgehead atoms. The smallest absolute Gasteiger partial charge is 0.179 e. The number of carbonyl (C=O) groups excluding carboxylic acids is 1. The van der Waals surface area contributed by atoms with Gasteiger partial charge in [0, 0.05) is 0 Å². The van der Waals surface area contributed by atoms with Crippen LogP contribution in [0.15, 0.2) is 39.9 Å². The number of hydrogen-bond donors (Lipinski definition) is 0. The lowest BCUT2D eigenvalue weighted by molar-refractivity contribution is 0.101. The van der Waals surface area contributed by atoms with Gasteiger partial charge in [0.25, 0.3) is 0 Å². The van der Waals surface area contributed by atoms with Crippen LogP contribution in [0.3, 0.4) is 0 Å². The van der Waals surface area contributed by atoms with Crippen LogP contribution >= 0.6 is 11.3 Å². The quantitative estimate of drug-likeness (QED) is 0.797. The number of Topliss-reactive ketones (excluding diaryl/α,β-unsaturated/α-hetero) is 1. The van der Waals surface area contributed by atoms with Crippen molar-refractivity contribution >= 4 is 27.9 Å². The molecule has 1 atom stereocenters. The first-order valence-electron chi connectivity index (χ1n) is 5.40. The predicted molar refractivity (Wildman–Crippen MR) is 72.9 cm³/mol. The molecule has 3 nitrogen and oxygen atoms in total. The standard InChI is InChI=1S/C13H11FO3S2/c1-17-12-5-4-9(14)7-10(12)11(15)8-19(16)13-3-2-6-18-13/h2-7H,8H2,1H3. The van der Waals surface area contributed by atoms with Gasteiger partial charge in [-0.15, -0.1) is 11.3 Å².